The monoisotopic (exact) mass is 499 g/mol. The fraction of sp³-hybridized carbons (Fsp3) is 0.276. The zero-order valence-corrected chi connectivity index (χ0v) is 20.7. The molecule has 3 heterocycles. The van der Waals surface area contributed by atoms with Crippen LogP contribution in [0.4, 0.5) is 14.5 Å². The zero-order chi connectivity index (χ0) is 25.7. The van der Waals surface area contributed by atoms with Crippen molar-refractivity contribution < 1.29 is 13.5 Å². The highest BCUT2D eigenvalue weighted by atomic mass is 19.1. The van der Waals surface area contributed by atoms with Crippen LogP contribution >= 0.6 is 0 Å². The molecule has 0 spiro atoms. The average Bonchev–Trinajstić information content (AvgIpc) is 3.30. The third-order valence-corrected chi connectivity index (χ3v) is 7.39. The number of H-pyrrole nitrogens is 1. The fourth-order valence-electron chi connectivity index (χ4n) is 5.59. The first kappa shape index (κ1) is 23.5. The minimum atomic E-state index is -0.693. The molecule has 0 bridgehead atoms. The van der Waals surface area contributed by atoms with E-state index in [1.54, 1.807) is 19.2 Å². The van der Waals surface area contributed by atoms with Crippen LogP contribution in [0.3, 0.4) is 0 Å². The molecule has 2 N–H and O–H groups in total. The topological polar surface area (TPSA) is 67.3 Å². The van der Waals surface area contributed by atoms with Crippen molar-refractivity contribution in [2.75, 3.05) is 45.2 Å². The van der Waals surface area contributed by atoms with E-state index in [4.69, 9.17) is 4.74 Å². The number of likely N-dealkylation sites (N-methyl/N-ethyl adjacent to an activating group) is 1. The van der Waals surface area contributed by atoms with Gasteiger partial charge in [0.1, 0.15) is 24.0 Å². The van der Waals surface area contributed by atoms with Gasteiger partial charge in [0.25, 0.3) is 0 Å². The Morgan fingerprint density at radius 2 is 1.92 bits per heavy atom. The summed E-state index contributed by atoms with van der Waals surface area (Å²) in [7, 11) is 3.85. The molecule has 4 aromatic rings. The second kappa shape index (κ2) is 9.18. The van der Waals surface area contributed by atoms with E-state index in [1.807, 2.05) is 12.3 Å². The average molecular weight is 500 g/mol. The summed E-state index contributed by atoms with van der Waals surface area (Å²) in [6.07, 6.45) is 1.86. The number of hydrogen-bond acceptors (Lipinski definition) is 5. The molecular formula is C29H27F2N5O. The molecule has 1 atom stereocenters. The Hall–Kier alpha value is -3.93. The molecular weight excluding hydrogens is 472 g/mol. The van der Waals surface area contributed by atoms with Gasteiger partial charge in [0, 0.05) is 54.4 Å². The fourth-order valence-corrected chi connectivity index (χ4v) is 5.59. The van der Waals surface area contributed by atoms with E-state index < -0.39 is 11.6 Å². The van der Waals surface area contributed by atoms with Crippen LogP contribution in [-0.4, -0.2) is 56.3 Å². The maximum absolute atomic E-state index is 15.1. The lowest BCUT2D eigenvalue weighted by Crippen LogP contribution is -2.56. The molecule has 1 saturated heterocycles. The van der Waals surface area contributed by atoms with Gasteiger partial charge in [-0.05, 0) is 61.6 Å². The van der Waals surface area contributed by atoms with Crippen molar-refractivity contribution in [2.24, 2.45) is 0 Å². The molecule has 6 nitrogen and oxygen atoms in total. The Bertz CT molecular complexity index is 1530. The number of aromatic amines is 1. The van der Waals surface area contributed by atoms with Crippen molar-refractivity contribution in [1.29, 1.82) is 5.26 Å². The lowest BCUT2D eigenvalue weighted by molar-refractivity contribution is 0.188. The van der Waals surface area contributed by atoms with E-state index >= 15 is 8.78 Å². The number of hydrogen-bond donors (Lipinski definition) is 2. The lowest BCUT2D eigenvalue weighted by Gasteiger charge is -2.44. The van der Waals surface area contributed by atoms with E-state index in [0.29, 0.717) is 24.8 Å². The first-order valence-electron chi connectivity index (χ1n) is 12.4. The third kappa shape index (κ3) is 4.01. The van der Waals surface area contributed by atoms with E-state index in [1.165, 1.54) is 12.1 Å². The summed E-state index contributed by atoms with van der Waals surface area (Å²) >= 11 is 0. The second-order valence-electron chi connectivity index (χ2n) is 9.83. The molecule has 3 aromatic carbocycles. The zero-order valence-electron chi connectivity index (χ0n) is 20.7. The van der Waals surface area contributed by atoms with E-state index in [-0.39, 0.29) is 16.7 Å². The summed E-state index contributed by atoms with van der Waals surface area (Å²) in [4.78, 5) is 7.96. The Morgan fingerprint density at radius 1 is 1.11 bits per heavy atom. The number of nitrogens with one attached hydrogen (secondary N) is 2. The quantitative estimate of drug-likeness (QED) is 0.419. The van der Waals surface area contributed by atoms with Crippen LogP contribution in [-0.2, 0) is 6.54 Å². The van der Waals surface area contributed by atoms with Crippen LogP contribution in [0.1, 0.15) is 11.1 Å². The van der Waals surface area contributed by atoms with Gasteiger partial charge in [-0.3, -0.25) is 0 Å². The predicted octanol–water partition coefficient (Wildman–Crippen LogP) is 4.88. The molecule has 6 rings (SSSR count). The molecule has 0 radical (unpaired) electrons. The van der Waals surface area contributed by atoms with Crippen LogP contribution < -0.4 is 15.0 Å². The van der Waals surface area contributed by atoms with Gasteiger partial charge in [0.05, 0.1) is 28.9 Å². The number of aromatic nitrogens is 1. The van der Waals surface area contributed by atoms with Gasteiger partial charge >= 0.3 is 0 Å². The second-order valence-corrected chi connectivity index (χ2v) is 9.83. The number of halogens is 2. The Balaban J connectivity index is 1.44. The highest BCUT2D eigenvalue weighted by molar-refractivity contribution is 6.00. The maximum atomic E-state index is 15.1. The number of nitrogens with zero attached hydrogens (tertiary/aromatic N) is 3. The van der Waals surface area contributed by atoms with Crippen LogP contribution in [0.25, 0.3) is 33.2 Å². The summed E-state index contributed by atoms with van der Waals surface area (Å²) in [5, 5.41) is 13.5. The number of nitriles is 1. The van der Waals surface area contributed by atoms with E-state index in [2.05, 4.69) is 45.4 Å². The van der Waals surface area contributed by atoms with Crippen molar-refractivity contribution >= 4 is 16.6 Å². The van der Waals surface area contributed by atoms with Gasteiger partial charge in [0.2, 0.25) is 0 Å². The van der Waals surface area contributed by atoms with Crippen molar-refractivity contribution in [2.45, 2.75) is 12.6 Å². The Morgan fingerprint density at radius 3 is 2.68 bits per heavy atom. The SMILES string of the molecule is CNCc1cc(F)c(-c2cc3c(-c4ccc5c(c4)OCC4CN(C)CCN54)c[nH]c3cc2C#N)c(F)c1. The summed E-state index contributed by atoms with van der Waals surface area (Å²) < 4.78 is 36.4. The minimum absolute atomic E-state index is 0.194. The number of ether oxygens (including phenoxy) is 1. The van der Waals surface area contributed by atoms with Crippen molar-refractivity contribution in [1.82, 2.24) is 15.2 Å². The smallest absolute Gasteiger partial charge is 0.143 e. The molecule has 1 fully saturated rings. The largest absolute Gasteiger partial charge is 0.489 e. The summed E-state index contributed by atoms with van der Waals surface area (Å²) in [6, 6.07) is 14.6. The molecule has 1 unspecified atom stereocenters. The van der Waals surface area contributed by atoms with Crippen molar-refractivity contribution in [3.63, 3.8) is 0 Å². The van der Waals surface area contributed by atoms with Crippen molar-refractivity contribution in [3.8, 4) is 34.1 Å². The number of rotatable bonds is 4. The molecule has 0 aliphatic carbocycles. The predicted molar refractivity (Wildman–Crippen MR) is 141 cm³/mol. The standard InChI is InChI=1S/C29H27F2N5O/c1-33-13-17-7-24(30)29(25(31)8-17)21-11-22-23(14-34-26(22)9-19(21)12-32)18-3-4-27-28(10-18)37-16-20-15-35(2)5-6-36(20)27/h3-4,7-11,14,20,33-34H,5-6,13,15-16H2,1-2H3. The van der Waals surface area contributed by atoms with Crippen molar-refractivity contribution in [3.05, 3.63) is 71.4 Å². The molecule has 0 saturated carbocycles. The molecule has 2 aliphatic heterocycles. The summed E-state index contributed by atoms with van der Waals surface area (Å²) in [5.41, 5.74) is 4.36. The Kier molecular flexibility index (Phi) is 5.82. The van der Waals surface area contributed by atoms with Crippen LogP contribution in [0.15, 0.2) is 48.7 Å². The molecule has 188 valence electrons. The number of piperazine rings is 1. The number of anilines is 1. The normalized spacial score (nSPS) is 17.3. The number of fused-ring (bicyclic) bond motifs is 4. The molecule has 2 aliphatic rings. The van der Waals surface area contributed by atoms with Crippen LogP contribution in [0, 0.1) is 23.0 Å². The first-order valence-corrected chi connectivity index (χ1v) is 12.4. The van der Waals surface area contributed by atoms with Crippen LogP contribution in [0.5, 0.6) is 5.75 Å². The summed E-state index contributed by atoms with van der Waals surface area (Å²) in [5.74, 6) is -0.553. The van der Waals surface area contributed by atoms with Gasteiger partial charge < -0.3 is 24.8 Å². The molecule has 1 aromatic heterocycles. The highest BCUT2D eigenvalue weighted by Crippen LogP contribution is 2.41. The van der Waals surface area contributed by atoms with Crippen LogP contribution in [0.2, 0.25) is 0 Å². The molecule has 8 heteroatoms. The maximum Gasteiger partial charge on any atom is 0.143 e. The van der Waals surface area contributed by atoms with Gasteiger partial charge in [-0.15, -0.1) is 0 Å². The van der Waals surface area contributed by atoms with Gasteiger partial charge in [-0.1, -0.05) is 6.07 Å². The molecule has 0 amide bonds. The first-order chi connectivity index (χ1) is 18.0. The van der Waals surface area contributed by atoms with E-state index in [0.717, 1.165) is 53.1 Å². The van der Waals surface area contributed by atoms with E-state index in [9.17, 15) is 5.26 Å². The lowest BCUT2D eigenvalue weighted by atomic mass is 9.94. The Labute approximate surface area is 214 Å². The van der Waals surface area contributed by atoms with Gasteiger partial charge in [0.15, 0.2) is 0 Å². The highest BCUT2D eigenvalue weighted by Gasteiger charge is 2.32. The van der Waals surface area contributed by atoms with Gasteiger partial charge in [-0.25, -0.2) is 8.78 Å². The third-order valence-electron chi connectivity index (χ3n) is 7.39. The number of benzene rings is 3. The molecule has 37 heavy (non-hydrogen) atoms. The minimum Gasteiger partial charge on any atom is -0.489 e. The summed E-state index contributed by atoms with van der Waals surface area (Å²) in [6.45, 7) is 3.90. The van der Waals surface area contributed by atoms with Gasteiger partial charge in [-0.2, -0.15) is 5.26 Å².